The van der Waals surface area contributed by atoms with Crippen molar-refractivity contribution < 1.29 is 17.1 Å². The second kappa shape index (κ2) is 8.76. The summed E-state index contributed by atoms with van der Waals surface area (Å²) in [7, 11) is 1.88. The van der Waals surface area contributed by atoms with Crippen LogP contribution in [0.3, 0.4) is 0 Å². The minimum absolute atomic E-state index is 0. The third-order valence-corrected chi connectivity index (χ3v) is 1.19. The van der Waals surface area contributed by atoms with Crippen LogP contribution in [0.5, 0.6) is 0 Å². The van der Waals surface area contributed by atoms with E-state index in [1.54, 1.807) is 6.07 Å². The van der Waals surface area contributed by atoms with E-state index in [1.807, 2.05) is 7.05 Å². The van der Waals surface area contributed by atoms with Crippen molar-refractivity contribution in [1.29, 1.82) is 0 Å². The summed E-state index contributed by atoms with van der Waals surface area (Å²) in [4.78, 5) is 0. The first-order chi connectivity index (χ1) is 6.43. The smallest absolute Gasteiger partial charge is 0 e. The monoisotopic (exact) mass is 221 g/mol. The van der Waals surface area contributed by atoms with E-state index in [4.69, 9.17) is 0 Å². The van der Waals surface area contributed by atoms with Crippen LogP contribution in [-0.4, -0.2) is 7.05 Å². The fourth-order valence-corrected chi connectivity index (χ4v) is 0.690. The van der Waals surface area contributed by atoms with Gasteiger partial charge < -0.3 is 65.5 Å². The molecular formula is C12H7FeN-10. The summed E-state index contributed by atoms with van der Waals surface area (Å²) >= 11 is 0. The van der Waals surface area contributed by atoms with Gasteiger partial charge in [0, 0.05) is 17.1 Å². The van der Waals surface area contributed by atoms with E-state index < -0.39 is 0 Å². The molecule has 0 heterocycles. The molecule has 2 rings (SSSR count). The quantitative estimate of drug-likeness (QED) is 0.587. The van der Waals surface area contributed by atoms with Gasteiger partial charge in [0.2, 0.25) is 0 Å². The van der Waals surface area contributed by atoms with Crippen LogP contribution in [0.15, 0.2) is 6.07 Å². The Hall–Kier alpha value is -0.821. The molecule has 0 unspecified atom stereocenters. The Labute approximate surface area is 96.3 Å². The first-order valence-electron chi connectivity index (χ1n) is 3.78. The first kappa shape index (κ1) is 13.2. The molecule has 0 saturated heterocycles. The number of hydrogen-bond donors (Lipinski definition) is 1. The van der Waals surface area contributed by atoms with Crippen molar-refractivity contribution in [2.45, 2.75) is 6.54 Å². The molecule has 0 aliphatic heterocycles. The minimum atomic E-state index is 0. The first-order valence-corrected chi connectivity index (χ1v) is 3.78. The Morgan fingerprint density at radius 2 is 1.64 bits per heavy atom. The fourth-order valence-electron chi connectivity index (χ4n) is 0.690. The van der Waals surface area contributed by atoms with Gasteiger partial charge in [0.15, 0.2) is 0 Å². The Balaban J connectivity index is 0.000000246. The van der Waals surface area contributed by atoms with Gasteiger partial charge in [-0.2, -0.15) is 6.54 Å². The van der Waals surface area contributed by atoms with Crippen LogP contribution in [0.4, 0.5) is 0 Å². The number of nitrogens with one attached hydrogen (secondary N) is 1. The van der Waals surface area contributed by atoms with Gasteiger partial charge in [-0.05, 0) is 7.05 Å². The molecule has 0 amide bonds. The van der Waals surface area contributed by atoms with E-state index in [2.05, 4.69) is 53.8 Å². The third-order valence-electron chi connectivity index (χ3n) is 1.19. The summed E-state index contributed by atoms with van der Waals surface area (Å²) in [5.41, 5.74) is 0.993. The van der Waals surface area contributed by atoms with E-state index in [1.165, 1.54) is 0 Å². The van der Waals surface area contributed by atoms with Gasteiger partial charge in [-0.1, -0.05) is 0 Å². The van der Waals surface area contributed by atoms with Crippen molar-refractivity contribution in [3.05, 3.63) is 60.2 Å². The van der Waals surface area contributed by atoms with Crippen LogP contribution in [0.1, 0.15) is 5.56 Å². The van der Waals surface area contributed by atoms with Crippen molar-refractivity contribution in [2.24, 2.45) is 0 Å². The Morgan fingerprint density at radius 1 is 1.07 bits per heavy atom. The molecule has 2 aromatic rings. The molecule has 1 N–H and O–H groups in total. The minimum Gasteiger partial charge on any atom is -0.999 e. The van der Waals surface area contributed by atoms with Crippen LogP contribution in [0.25, 0.3) is 0 Å². The number of hydrogen-bond acceptors (Lipinski definition) is 1. The van der Waals surface area contributed by atoms with Crippen molar-refractivity contribution in [3.8, 4) is 0 Å². The maximum Gasteiger partial charge on any atom is 0 e. The molecule has 2 aromatic carbocycles. The predicted molar refractivity (Wildman–Crippen MR) is 47.5 cm³/mol. The van der Waals surface area contributed by atoms with Gasteiger partial charge in [0.25, 0.3) is 0 Å². The molecule has 78 valence electrons. The third kappa shape index (κ3) is 5.76. The SMILES string of the molecule is CNC[c-]1[c-][c-][c-][c-]1.[Fe].[c-]1[c-][c-][cH-][c-]1. The van der Waals surface area contributed by atoms with Gasteiger partial charge in [-0.15, -0.1) is 0 Å². The Bertz CT molecular complexity index is 254. The molecule has 0 aliphatic carbocycles. The van der Waals surface area contributed by atoms with Gasteiger partial charge in [0.1, 0.15) is 0 Å². The predicted octanol–water partition coefficient (Wildman–Crippen LogP) is 0.929. The normalized spacial score (nSPS) is 8.36. The second-order valence-corrected chi connectivity index (χ2v) is 2.19. The van der Waals surface area contributed by atoms with Crippen LogP contribution in [0.2, 0.25) is 0 Å². The maximum atomic E-state index is 2.97. The fraction of sp³-hybridized carbons (Fsp3) is 0.167. The zero-order chi connectivity index (χ0) is 9.36. The molecular weight excluding hydrogens is 214 g/mol. The van der Waals surface area contributed by atoms with Gasteiger partial charge in [-0.3, -0.25) is 0 Å². The van der Waals surface area contributed by atoms with Crippen molar-refractivity contribution >= 4 is 0 Å². The summed E-state index contributed by atoms with van der Waals surface area (Å²) in [5, 5.41) is 2.97. The summed E-state index contributed by atoms with van der Waals surface area (Å²) in [6.45, 7) is 0.806. The summed E-state index contributed by atoms with van der Waals surface area (Å²) in [5.74, 6) is 0. The molecule has 14 heavy (non-hydrogen) atoms. The van der Waals surface area contributed by atoms with E-state index in [-0.39, 0.29) is 17.1 Å². The topological polar surface area (TPSA) is 12.0 Å². The van der Waals surface area contributed by atoms with Crippen LogP contribution in [-0.2, 0) is 23.6 Å². The molecule has 0 bridgehead atoms. The molecule has 0 saturated carbocycles. The zero-order valence-corrected chi connectivity index (χ0v) is 8.74. The molecule has 0 radical (unpaired) electrons. The molecule has 0 atom stereocenters. The van der Waals surface area contributed by atoms with Crippen molar-refractivity contribution in [2.75, 3.05) is 7.05 Å². The van der Waals surface area contributed by atoms with Crippen molar-refractivity contribution in [1.82, 2.24) is 5.32 Å². The Kier molecular flexibility index (Phi) is 8.25. The van der Waals surface area contributed by atoms with Crippen LogP contribution >= 0.6 is 0 Å². The number of rotatable bonds is 2. The van der Waals surface area contributed by atoms with Crippen LogP contribution in [0, 0.1) is 48.5 Å². The molecule has 1 nitrogen and oxygen atoms in total. The van der Waals surface area contributed by atoms with E-state index in [0.717, 1.165) is 12.1 Å². The second-order valence-electron chi connectivity index (χ2n) is 2.19. The molecule has 0 aromatic heterocycles. The average molecular weight is 221 g/mol. The van der Waals surface area contributed by atoms with Crippen molar-refractivity contribution in [3.63, 3.8) is 0 Å². The molecule has 0 fully saturated rings. The summed E-state index contributed by atoms with van der Waals surface area (Å²) in [6.07, 6.45) is 0. The summed E-state index contributed by atoms with van der Waals surface area (Å²) < 4.78 is 0. The molecule has 2 heteroatoms. The van der Waals surface area contributed by atoms with E-state index in [9.17, 15) is 0 Å². The molecule has 0 spiro atoms. The van der Waals surface area contributed by atoms with Gasteiger partial charge >= 0.3 is 0 Å². The van der Waals surface area contributed by atoms with Gasteiger partial charge in [-0.25, -0.2) is 0 Å². The largest absolute Gasteiger partial charge is 0.999 e. The Morgan fingerprint density at radius 3 is 2.00 bits per heavy atom. The zero-order valence-electron chi connectivity index (χ0n) is 7.64. The average Bonchev–Trinajstić information content (AvgIpc) is 2.79. The maximum absolute atomic E-state index is 2.97. The van der Waals surface area contributed by atoms with Gasteiger partial charge in [0.05, 0.1) is 0 Å². The van der Waals surface area contributed by atoms with E-state index >= 15 is 0 Å². The van der Waals surface area contributed by atoms with Crippen LogP contribution < -0.4 is 5.32 Å². The standard InChI is InChI=1S/C7H6N.C5H.Fe/c1-8-6-7-4-2-3-5-7;1-2-4-5-3-1;/h8H,6H2,1H3;1H;/q2*-5;. The van der Waals surface area contributed by atoms with E-state index in [0.29, 0.717) is 0 Å². The summed E-state index contributed by atoms with van der Waals surface area (Å²) in [6, 6.07) is 23.0. The molecule has 0 aliphatic rings.